The van der Waals surface area contributed by atoms with Crippen molar-refractivity contribution in [2.24, 2.45) is 5.73 Å². The molecule has 82 valence electrons. The molecule has 0 spiro atoms. The zero-order valence-electron chi connectivity index (χ0n) is 8.45. The van der Waals surface area contributed by atoms with Crippen molar-refractivity contribution >= 4 is 5.97 Å². The molecule has 5 heteroatoms. The molecule has 1 aromatic rings. The number of benzene rings is 1. The minimum absolute atomic E-state index is 0.218. The van der Waals surface area contributed by atoms with Crippen molar-refractivity contribution in [1.29, 1.82) is 0 Å². The molecule has 3 N–H and O–H groups in total. The van der Waals surface area contributed by atoms with Crippen LogP contribution >= 0.6 is 0 Å². The molecule has 0 bridgehead atoms. The fraction of sp³-hybridized carbons (Fsp3) is 0.300. The SMILES string of the molecule is COc1c(F)cc(C(C)N)cc1C(=O)O. The standard InChI is InChI=1S/C10H12FNO3/c1-5(12)6-3-7(10(13)14)9(15-2)8(11)4-6/h3-5H,12H2,1-2H3,(H,13,14). The normalized spacial score (nSPS) is 12.3. The highest BCUT2D eigenvalue weighted by Crippen LogP contribution is 2.26. The number of hydrogen-bond acceptors (Lipinski definition) is 3. The summed E-state index contributed by atoms with van der Waals surface area (Å²) >= 11 is 0. The van der Waals surface area contributed by atoms with Crippen LogP contribution in [0, 0.1) is 5.82 Å². The number of aromatic carboxylic acids is 1. The summed E-state index contributed by atoms with van der Waals surface area (Å²) in [6.45, 7) is 1.65. The van der Waals surface area contributed by atoms with E-state index in [1.165, 1.54) is 19.2 Å². The number of methoxy groups -OCH3 is 1. The number of carbonyl (C=O) groups is 1. The number of halogens is 1. The molecule has 1 aromatic carbocycles. The van der Waals surface area contributed by atoms with Crippen molar-refractivity contribution in [3.63, 3.8) is 0 Å². The predicted molar refractivity (Wildman–Crippen MR) is 52.5 cm³/mol. The van der Waals surface area contributed by atoms with E-state index in [1.807, 2.05) is 0 Å². The third-order valence-electron chi connectivity index (χ3n) is 2.03. The zero-order chi connectivity index (χ0) is 11.6. The Balaban J connectivity index is 3.38. The molecule has 4 nitrogen and oxygen atoms in total. The highest BCUT2D eigenvalue weighted by atomic mass is 19.1. The zero-order valence-corrected chi connectivity index (χ0v) is 8.45. The molecule has 0 aromatic heterocycles. The lowest BCUT2D eigenvalue weighted by molar-refractivity contribution is 0.0692. The highest BCUT2D eigenvalue weighted by Gasteiger charge is 2.18. The van der Waals surface area contributed by atoms with E-state index >= 15 is 0 Å². The Labute approximate surface area is 86.5 Å². The average Bonchev–Trinajstić information content (AvgIpc) is 2.16. The molecule has 1 atom stereocenters. The lowest BCUT2D eigenvalue weighted by atomic mass is 10.0. The van der Waals surface area contributed by atoms with E-state index in [0.717, 1.165) is 0 Å². The predicted octanol–water partition coefficient (Wildman–Crippen LogP) is 1.55. The van der Waals surface area contributed by atoms with Crippen LogP contribution in [0.2, 0.25) is 0 Å². The van der Waals surface area contributed by atoms with Crippen LogP contribution in [0.5, 0.6) is 5.75 Å². The maximum absolute atomic E-state index is 13.4. The van der Waals surface area contributed by atoms with Gasteiger partial charge in [0, 0.05) is 6.04 Å². The van der Waals surface area contributed by atoms with Gasteiger partial charge in [-0.2, -0.15) is 0 Å². The van der Waals surface area contributed by atoms with Gasteiger partial charge in [-0.15, -0.1) is 0 Å². The van der Waals surface area contributed by atoms with Crippen molar-refractivity contribution in [1.82, 2.24) is 0 Å². The number of carboxylic acids is 1. The van der Waals surface area contributed by atoms with Gasteiger partial charge in [-0.3, -0.25) is 0 Å². The van der Waals surface area contributed by atoms with E-state index in [4.69, 9.17) is 10.8 Å². The smallest absolute Gasteiger partial charge is 0.339 e. The maximum Gasteiger partial charge on any atom is 0.339 e. The van der Waals surface area contributed by atoms with Crippen molar-refractivity contribution < 1.29 is 19.0 Å². The first kappa shape index (κ1) is 11.5. The lowest BCUT2D eigenvalue weighted by Gasteiger charge is -2.11. The average molecular weight is 213 g/mol. The molecule has 15 heavy (non-hydrogen) atoms. The topological polar surface area (TPSA) is 72.5 Å². The van der Waals surface area contributed by atoms with Crippen LogP contribution in [0.3, 0.4) is 0 Å². The minimum atomic E-state index is -1.24. The Morgan fingerprint density at radius 3 is 2.60 bits per heavy atom. The number of ether oxygens (including phenoxy) is 1. The quantitative estimate of drug-likeness (QED) is 0.799. The van der Waals surface area contributed by atoms with Crippen LogP contribution in [-0.2, 0) is 0 Å². The molecule has 0 aliphatic heterocycles. The van der Waals surface area contributed by atoms with Crippen molar-refractivity contribution in [3.05, 3.63) is 29.1 Å². The molecule has 0 amide bonds. The van der Waals surface area contributed by atoms with Gasteiger partial charge in [0.15, 0.2) is 11.6 Å². The lowest BCUT2D eigenvalue weighted by Crippen LogP contribution is -2.09. The second-order valence-electron chi connectivity index (χ2n) is 3.18. The molecule has 0 saturated carbocycles. The summed E-state index contributed by atoms with van der Waals surface area (Å²) in [7, 11) is 1.22. The summed E-state index contributed by atoms with van der Waals surface area (Å²) < 4.78 is 18.1. The Morgan fingerprint density at radius 2 is 2.20 bits per heavy atom. The Bertz CT molecular complexity index is 390. The molecular weight excluding hydrogens is 201 g/mol. The number of hydrogen-bond donors (Lipinski definition) is 2. The van der Waals surface area contributed by atoms with E-state index in [-0.39, 0.29) is 11.3 Å². The minimum Gasteiger partial charge on any atom is -0.493 e. The van der Waals surface area contributed by atoms with E-state index in [9.17, 15) is 9.18 Å². The van der Waals surface area contributed by atoms with E-state index < -0.39 is 17.8 Å². The van der Waals surface area contributed by atoms with E-state index in [1.54, 1.807) is 6.92 Å². The van der Waals surface area contributed by atoms with E-state index in [0.29, 0.717) is 5.56 Å². The van der Waals surface area contributed by atoms with Crippen LogP contribution in [0.15, 0.2) is 12.1 Å². The molecule has 1 unspecified atom stereocenters. The van der Waals surface area contributed by atoms with Crippen molar-refractivity contribution in [3.8, 4) is 5.75 Å². The van der Waals surface area contributed by atoms with Gasteiger partial charge in [0.05, 0.1) is 7.11 Å². The van der Waals surface area contributed by atoms with Gasteiger partial charge < -0.3 is 15.6 Å². The van der Waals surface area contributed by atoms with Gasteiger partial charge in [-0.05, 0) is 24.6 Å². The van der Waals surface area contributed by atoms with Gasteiger partial charge >= 0.3 is 5.97 Å². The van der Waals surface area contributed by atoms with Crippen LogP contribution < -0.4 is 10.5 Å². The summed E-state index contributed by atoms with van der Waals surface area (Å²) in [5, 5.41) is 8.84. The van der Waals surface area contributed by atoms with Gasteiger partial charge in [0.25, 0.3) is 0 Å². The fourth-order valence-corrected chi connectivity index (χ4v) is 1.24. The van der Waals surface area contributed by atoms with Crippen molar-refractivity contribution in [2.75, 3.05) is 7.11 Å². The second kappa shape index (κ2) is 4.27. The number of rotatable bonds is 3. The second-order valence-corrected chi connectivity index (χ2v) is 3.18. The first-order chi connectivity index (χ1) is 6.97. The molecule has 0 aliphatic rings. The first-order valence-electron chi connectivity index (χ1n) is 4.33. The third-order valence-corrected chi connectivity index (χ3v) is 2.03. The third kappa shape index (κ3) is 2.24. The van der Waals surface area contributed by atoms with Crippen LogP contribution in [0.4, 0.5) is 4.39 Å². The molecule has 0 saturated heterocycles. The number of nitrogens with two attached hydrogens (primary N) is 1. The van der Waals surface area contributed by atoms with Gasteiger partial charge in [-0.1, -0.05) is 0 Å². The monoisotopic (exact) mass is 213 g/mol. The molecule has 0 aliphatic carbocycles. The Morgan fingerprint density at radius 1 is 1.60 bits per heavy atom. The van der Waals surface area contributed by atoms with Gasteiger partial charge in [0.1, 0.15) is 5.56 Å². The first-order valence-corrected chi connectivity index (χ1v) is 4.33. The molecular formula is C10H12FNO3. The summed E-state index contributed by atoms with van der Waals surface area (Å²) in [5.41, 5.74) is 5.75. The highest BCUT2D eigenvalue weighted by molar-refractivity contribution is 5.91. The van der Waals surface area contributed by atoms with Crippen LogP contribution in [0.1, 0.15) is 28.9 Å². The van der Waals surface area contributed by atoms with E-state index in [2.05, 4.69) is 4.74 Å². The van der Waals surface area contributed by atoms with Crippen molar-refractivity contribution in [2.45, 2.75) is 13.0 Å². The number of carboxylic acid groups (broad SMARTS) is 1. The summed E-state index contributed by atoms with van der Waals surface area (Å²) in [6.07, 6.45) is 0. The maximum atomic E-state index is 13.4. The van der Waals surface area contributed by atoms with Gasteiger partial charge in [0.2, 0.25) is 0 Å². The molecule has 0 radical (unpaired) electrons. The largest absolute Gasteiger partial charge is 0.493 e. The fourth-order valence-electron chi connectivity index (χ4n) is 1.24. The van der Waals surface area contributed by atoms with Crippen LogP contribution in [-0.4, -0.2) is 18.2 Å². The Hall–Kier alpha value is -1.62. The van der Waals surface area contributed by atoms with Crippen LogP contribution in [0.25, 0.3) is 0 Å². The Kier molecular flexibility index (Phi) is 3.26. The van der Waals surface area contributed by atoms with Gasteiger partial charge in [-0.25, -0.2) is 9.18 Å². The summed E-state index contributed by atoms with van der Waals surface area (Å²) in [4.78, 5) is 10.8. The molecule has 1 rings (SSSR count). The molecule has 0 heterocycles. The summed E-state index contributed by atoms with van der Waals surface area (Å²) in [5.74, 6) is -2.23. The summed E-state index contributed by atoms with van der Waals surface area (Å²) in [6, 6.07) is 2.06. The molecule has 0 fully saturated rings.